The summed E-state index contributed by atoms with van der Waals surface area (Å²) < 4.78 is 2.94. The first-order valence-electron chi connectivity index (χ1n) is 6.67. The van der Waals surface area contributed by atoms with E-state index in [-0.39, 0.29) is 12.1 Å². The number of likely N-dealkylation sites (N-methyl/N-ethyl adjacent to an activating group) is 1. The second-order valence-electron chi connectivity index (χ2n) is 5.26. The van der Waals surface area contributed by atoms with Crippen LogP contribution in [0.2, 0.25) is 0 Å². The quantitative estimate of drug-likeness (QED) is 0.913. The van der Waals surface area contributed by atoms with Crippen LogP contribution in [0.15, 0.2) is 41.1 Å². The van der Waals surface area contributed by atoms with E-state index in [1.165, 1.54) is 5.56 Å². The van der Waals surface area contributed by atoms with Crippen LogP contribution in [0.25, 0.3) is 0 Å². The third-order valence-electron chi connectivity index (χ3n) is 3.42. The monoisotopic (exact) mass is 336 g/mol. The molecule has 4 nitrogen and oxygen atoms in total. The van der Waals surface area contributed by atoms with Gasteiger partial charge in [0.25, 0.3) is 0 Å². The molecule has 1 aromatic carbocycles. The second-order valence-corrected chi connectivity index (χ2v) is 6.11. The lowest BCUT2D eigenvalue weighted by Crippen LogP contribution is -2.36. The van der Waals surface area contributed by atoms with Crippen LogP contribution in [-0.4, -0.2) is 27.8 Å². The van der Waals surface area contributed by atoms with Gasteiger partial charge in [-0.05, 0) is 25.6 Å². The van der Waals surface area contributed by atoms with E-state index in [9.17, 15) is 0 Å². The van der Waals surface area contributed by atoms with Crippen molar-refractivity contribution in [3.63, 3.8) is 0 Å². The van der Waals surface area contributed by atoms with Gasteiger partial charge in [-0.25, -0.2) is 0 Å². The Morgan fingerprint density at radius 2 is 2.10 bits per heavy atom. The summed E-state index contributed by atoms with van der Waals surface area (Å²) in [4.78, 5) is 2.27. The molecule has 0 fully saturated rings. The standard InChI is InChI=1S/C15H21BrN4/c1-11(17)15(13-8-18-20(3)10-13)19(2)9-12-6-4-5-7-14(12)16/h4-8,10-11,15H,9,17H2,1-3H3. The highest BCUT2D eigenvalue weighted by Gasteiger charge is 2.23. The van der Waals surface area contributed by atoms with Crippen molar-refractivity contribution in [2.24, 2.45) is 12.8 Å². The van der Waals surface area contributed by atoms with Crippen LogP contribution in [0.1, 0.15) is 24.1 Å². The van der Waals surface area contributed by atoms with Gasteiger partial charge in [0, 0.05) is 35.9 Å². The van der Waals surface area contributed by atoms with Gasteiger partial charge in [0.1, 0.15) is 0 Å². The lowest BCUT2D eigenvalue weighted by molar-refractivity contribution is 0.210. The Bertz CT molecular complexity index is 565. The molecule has 2 aromatic rings. The minimum absolute atomic E-state index is 0.0340. The van der Waals surface area contributed by atoms with Gasteiger partial charge in [-0.3, -0.25) is 9.58 Å². The summed E-state index contributed by atoms with van der Waals surface area (Å²) in [6.07, 6.45) is 3.93. The normalized spacial score (nSPS) is 14.5. The zero-order valence-electron chi connectivity index (χ0n) is 12.1. The molecule has 5 heteroatoms. The first-order chi connectivity index (χ1) is 9.49. The summed E-state index contributed by atoms with van der Waals surface area (Å²) in [5, 5.41) is 4.25. The topological polar surface area (TPSA) is 47.1 Å². The van der Waals surface area contributed by atoms with Gasteiger partial charge in [-0.15, -0.1) is 0 Å². The van der Waals surface area contributed by atoms with Gasteiger partial charge in [-0.1, -0.05) is 34.1 Å². The molecule has 0 aliphatic rings. The molecule has 0 amide bonds. The van der Waals surface area contributed by atoms with Crippen LogP contribution >= 0.6 is 15.9 Å². The Hall–Kier alpha value is -1.17. The molecular weight excluding hydrogens is 316 g/mol. The van der Waals surface area contributed by atoms with E-state index in [0.29, 0.717) is 0 Å². The highest BCUT2D eigenvalue weighted by Crippen LogP contribution is 2.25. The molecule has 2 N–H and O–H groups in total. The average molecular weight is 337 g/mol. The molecule has 2 rings (SSSR count). The van der Waals surface area contributed by atoms with Gasteiger partial charge in [0.15, 0.2) is 0 Å². The van der Waals surface area contributed by atoms with E-state index in [0.717, 1.165) is 16.6 Å². The summed E-state index contributed by atoms with van der Waals surface area (Å²) >= 11 is 3.60. The van der Waals surface area contributed by atoms with Crippen LogP contribution in [-0.2, 0) is 13.6 Å². The summed E-state index contributed by atoms with van der Waals surface area (Å²) in [5.41, 5.74) is 8.58. The molecule has 1 aromatic heterocycles. The zero-order chi connectivity index (χ0) is 14.7. The van der Waals surface area contributed by atoms with Crippen LogP contribution < -0.4 is 5.73 Å². The Balaban J connectivity index is 2.20. The van der Waals surface area contributed by atoms with Crippen LogP contribution in [0, 0.1) is 0 Å². The molecule has 0 spiro atoms. The van der Waals surface area contributed by atoms with E-state index in [4.69, 9.17) is 5.73 Å². The van der Waals surface area contributed by atoms with E-state index >= 15 is 0 Å². The third-order valence-corrected chi connectivity index (χ3v) is 4.19. The fourth-order valence-electron chi connectivity index (χ4n) is 2.55. The highest BCUT2D eigenvalue weighted by atomic mass is 79.9. The van der Waals surface area contributed by atoms with Gasteiger partial charge >= 0.3 is 0 Å². The number of halogens is 1. The van der Waals surface area contributed by atoms with Gasteiger partial charge in [0.05, 0.1) is 12.2 Å². The zero-order valence-corrected chi connectivity index (χ0v) is 13.7. The first kappa shape index (κ1) is 15.2. The number of aryl methyl sites for hydroxylation is 1. The molecule has 0 aliphatic heterocycles. The molecule has 108 valence electrons. The van der Waals surface area contributed by atoms with E-state index in [2.05, 4.69) is 51.2 Å². The van der Waals surface area contributed by atoms with Crippen LogP contribution in [0.3, 0.4) is 0 Å². The predicted molar refractivity (Wildman–Crippen MR) is 85.2 cm³/mol. The molecule has 1 heterocycles. The molecule has 0 aliphatic carbocycles. The largest absolute Gasteiger partial charge is 0.326 e. The van der Waals surface area contributed by atoms with Crippen molar-refractivity contribution in [2.75, 3.05) is 7.05 Å². The van der Waals surface area contributed by atoms with Crippen LogP contribution in [0.4, 0.5) is 0 Å². The lowest BCUT2D eigenvalue weighted by atomic mass is 10.0. The van der Waals surface area contributed by atoms with Crippen molar-refractivity contribution in [2.45, 2.75) is 25.6 Å². The lowest BCUT2D eigenvalue weighted by Gasteiger charge is -2.30. The maximum absolute atomic E-state index is 6.18. The molecule has 2 atom stereocenters. The van der Waals surface area contributed by atoms with Gasteiger partial charge in [-0.2, -0.15) is 5.10 Å². The Labute approximate surface area is 128 Å². The highest BCUT2D eigenvalue weighted by molar-refractivity contribution is 9.10. The second kappa shape index (κ2) is 6.52. The average Bonchev–Trinajstić information content (AvgIpc) is 2.78. The summed E-state index contributed by atoms with van der Waals surface area (Å²) in [5.74, 6) is 0. The van der Waals surface area contributed by atoms with Crippen molar-refractivity contribution < 1.29 is 0 Å². The summed E-state index contributed by atoms with van der Waals surface area (Å²) in [6, 6.07) is 8.45. The molecule has 2 unspecified atom stereocenters. The molecular formula is C15H21BrN4. The minimum Gasteiger partial charge on any atom is -0.326 e. The fraction of sp³-hybridized carbons (Fsp3) is 0.400. The number of hydrogen-bond donors (Lipinski definition) is 1. The first-order valence-corrected chi connectivity index (χ1v) is 7.46. The van der Waals surface area contributed by atoms with E-state index < -0.39 is 0 Å². The maximum atomic E-state index is 6.18. The number of nitrogens with two attached hydrogens (primary N) is 1. The number of benzene rings is 1. The Morgan fingerprint density at radius 1 is 1.40 bits per heavy atom. The predicted octanol–water partition coefficient (Wildman–Crippen LogP) is 2.70. The maximum Gasteiger partial charge on any atom is 0.0538 e. The Kier molecular flexibility index (Phi) is 4.96. The molecule has 0 saturated carbocycles. The smallest absolute Gasteiger partial charge is 0.0538 e. The van der Waals surface area contributed by atoms with E-state index in [1.54, 1.807) is 0 Å². The van der Waals surface area contributed by atoms with Crippen molar-refractivity contribution in [3.8, 4) is 0 Å². The third kappa shape index (κ3) is 3.48. The Morgan fingerprint density at radius 3 is 2.65 bits per heavy atom. The van der Waals surface area contributed by atoms with E-state index in [1.807, 2.05) is 37.1 Å². The molecule has 20 heavy (non-hydrogen) atoms. The molecule has 0 saturated heterocycles. The van der Waals surface area contributed by atoms with Crippen LogP contribution in [0.5, 0.6) is 0 Å². The number of nitrogens with zero attached hydrogens (tertiary/aromatic N) is 3. The number of aromatic nitrogens is 2. The van der Waals surface area contributed by atoms with Gasteiger partial charge in [0.2, 0.25) is 0 Å². The van der Waals surface area contributed by atoms with Crippen molar-refractivity contribution in [3.05, 3.63) is 52.3 Å². The minimum atomic E-state index is 0.0340. The molecule has 0 bridgehead atoms. The number of hydrogen-bond acceptors (Lipinski definition) is 3. The number of rotatable bonds is 5. The molecule has 0 radical (unpaired) electrons. The summed E-state index contributed by atoms with van der Waals surface area (Å²) in [6.45, 7) is 2.87. The van der Waals surface area contributed by atoms with Gasteiger partial charge < -0.3 is 5.73 Å². The van der Waals surface area contributed by atoms with Crippen molar-refractivity contribution >= 4 is 15.9 Å². The SMILES string of the molecule is CC(N)C(c1cnn(C)c1)N(C)Cc1ccccc1Br. The van der Waals surface area contributed by atoms with Crippen molar-refractivity contribution in [1.82, 2.24) is 14.7 Å². The van der Waals surface area contributed by atoms with Crippen molar-refractivity contribution in [1.29, 1.82) is 0 Å². The summed E-state index contributed by atoms with van der Waals surface area (Å²) in [7, 11) is 4.02. The fourth-order valence-corrected chi connectivity index (χ4v) is 2.96.